The molecule has 4 heteroatoms. The van der Waals surface area contributed by atoms with Gasteiger partial charge < -0.3 is 14.9 Å². The molecular weight excluding hydrogens is 280 g/mol. The van der Waals surface area contributed by atoms with Crippen LogP contribution in [-0.4, -0.2) is 28.9 Å². The zero-order valence-corrected chi connectivity index (χ0v) is 13.4. The monoisotopic (exact) mass is 308 g/mol. The number of aliphatic carboxylic acids is 1. The molecule has 0 aromatic heterocycles. The number of unbranched alkanes of at least 4 members (excludes halogenated alkanes) is 1. The van der Waals surface area contributed by atoms with Gasteiger partial charge in [0.25, 0.3) is 5.97 Å². The van der Waals surface area contributed by atoms with Crippen LogP contribution >= 0.6 is 0 Å². The van der Waals surface area contributed by atoms with Crippen LogP contribution in [0.25, 0.3) is 0 Å². The maximum atomic E-state index is 9.70. The fourth-order valence-corrected chi connectivity index (χ4v) is 1.83. The van der Waals surface area contributed by atoms with Crippen LogP contribution in [0.1, 0.15) is 44.6 Å². The summed E-state index contributed by atoms with van der Waals surface area (Å²) in [5.74, 6) is -0.833. The Morgan fingerprint density at radius 1 is 1.27 bits per heavy atom. The number of hydrogen-bond acceptors (Lipinski definition) is 3. The summed E-state index contributed by atoms with van der Waals surface area (Å²) in [6.45, 7) is 6.13. The maximum absolute atomic E-state index is 9.70. The molecule has 2 N–H and O–H groups in total. The molecule has 1 aromatic rings. The van der Waals surface area contributed by atoms with Crippen molar-refractivity contribution in [2.75, 3.05) is 6.61 Å². The van der Waals surface area contributed by atoms with Crippen LogP contribution < -0.4 is 0 Å². The summed E-state index contributed by atoms with van der Waals surface area (Å²) in [5.41, 5.74) is 1.20. The molecule has 0 saturated heterocycles. The van der Waals surface area contributed by atoms with Crippen LogP contribution in [0.15, 0.2) is 43.0 Å². The minimum Gasteiger partial charge on any atom is -0.481 e. The summed E-state index contributed by atoms with van der Waals surface area (Å²) >= 11 is 0. The Hall–Kier alpha value is -1.65. The first-order valence-corrected chi connectivity index (χ1v) is 7.66. The summed E-state index contributed by atoms with van der Waals surface area (Å²) in [7, 11) is 0. The molecule has 0 heterocycles. The second kappa shape index (κ2) is 14.3. The van der Waals surface area contributed by atoms with E-state index in [1.54, 1.807) is 0 Å². The molecule has 0 aliphatic carbocycles. The number of carbonyl (C=O) groups is 1. The average Bonchev–Trinajstić information content (AvgIpc) is 2.48. The molecule has 22 heavy (non-hydrogen) atoms. The highest BCUT2D eigenvalue weighted by molar-refractivity contribution is 5.62. The van der Waals surface area contributed by atoms with Gasteiger partial charge in [0.15, 0.2) is 0 Å². The van der Waals surface area contributed by atoms with E-state index in [0.29, 0.717) is 13.2 Å². The minimum atomic E-state index is -0.833. The van der Waals surface area contributed by atoms with E-state index >= 15 is 0 Å². The number of allylic oxidation sites excluding steroid dienone is 1. The highest BCUT2D eigenvalue weighted by atomic mass is 16.5. The maximum Gasteiger partial charge on any atom is 0.300 e. The lowest BCUT2D eigenvalue weighted by molar-refractivity contribution is -0.134. The molecule has 0 amide bonds. The van der Waals surface area contributed by atoms with E-state index in [9.17, 15) is 5.11 Å². The Labute approximate surface area is 133 Å². The summed E-state index contributed by atoms with van der Waals surface area (Å²) in [5, 5.41) is 17.1. The van der Waals surface area contributed by atoms with Gasteiger partial charge in [0.2, 0.25) is 0 Å². The van der Waals surface area contributed by atoms with Gasteiger partial charge in [-0.2, -0.15) is 0 Å². The molecule has 1 aromatic carbocycles. The number of benzene rings is 1. The van der Waals surface area contributed by atoms with E-state index in [2.05, 4.69) is 18.7 Å². The predicted molar refractivity (Wildman–Crippen MR) is 88.7 cm³/mol. The van der Waals surface area contributed by atoms with Crippen molar-refractivity contribution < 1.29 is 19.7 Å². The highest BCUT2D eigenvalue weighted by Crippen LogP contribution is 2.08. The Morgan fingerprint density at radius 3 is 2.45 bits per heavy atom. The van der Waals surface area contributed by atoms with Crippen LogP contribution in [0, 0.1) is 0 Å². The van der Waals surface area contributed by atoms with E-state index in [1.165, 1.54) is 5.56 Å². The van der Waals surface area contributed by atoms with Gasteiger partial charge in [0.1, 0.15) is 0 Å². The molecule has 0 spiro atoms. The number of carboxylic acid groups (broad SMARTS) is 1. The number of aliphatic hydroxyl groups excluding tert-OH is 1. The van der Waals surface area contributed by atoms with E-state index in [0.717, 1.165) is 39.0 Å². The number of aliphatic hydroxyl groups is 1. The minimum absolute atomic E-state index is 0.190. The van der Waals surface area contributed by atoms with Gasteiger partial charge in [0, 0.05) is 13.5 Å². The van der Waals surface area contributed by atoms with Crippen molar-refractivity contribution in [1.82, 2.24) is 0 Å². The van der Waals surface area contributed by atoms with E-state index in [4.69, 9.17) is 14.6 Å². The first-order chi connectivity index (χ1) is 10.6. The van der Waals surface area contributed by atoms with Crippen molar-refractivity contribution in [1.29, 1.82) is 0 Å². The number of hydrogen-bond donors (Lipinski definition) is 2. The average molecular weight is 308 g/mol. The fraction of sp³-hybridized carbons (Fsp3) is 0.500. The third-order valence-corrected chi connectivity index (χ3v) is 2.88. The summed E-state index contributed by atoms with van der Waals surface area (Å²) in [6, 6.07) is 10.2. The Morgan fingerprint density at radius 2 is 1.86 bits per heavy atom. The summed E-state index contributed by atoms with van der Waals surface area (Å²) in [4.78, 5) is 9.00. The molecule has 0 radical (unpaired) electrons. The molecule has 0 aliphatic rings. The smallest absolute Gasteiger partial charge is 0.300 e. The van der Waals surface area contributed by atoms with Gasteiger partial charge in [0.05, 0.1) is 12.7 Å². The first kappa shape index (κ1) is 20.3. The van der Waals surface area contributed by atoms with Crippen molar-refractivity contribution in [3.8, 4) is 0 Å². The van der Waals surface area contributed by atoms with E-state index in [-0.39, 0.29) is 6.10 Å². The molecule has 4 nitrogen and oxygen atoms in total. The summed E-state index contributed by atoms with van der Waals surface area (Å²) < 4.78 is 5.57. The largest absolute Gasteiger partial charge is 0.481 e. The van der Waals surface area contributed by atoms with Gasteiger partial charge in [-0.3, -0.25) is 4.79 Å². The van der Waals surface area contributed by atoms with Gasteiger partial charge in [-0.05, 0) is 37.7 Å². The summed E-state index contributed by atoms with van der Waals surface area (Å²) in [6.07, 6.45) is 6.33. The first-order valence-electron chi connectivity index (χ1n) is 7.66. The van der Waals surface area contributed by atoms with Gasteiger partial charge in [-0.1, -0.05) is 36.4 Å². The molecule has 0 aliphatic heterocycles. The van der Waals surface area contributed by atoms with Crippen molar-refractivity contribution in [2.45, 2.75) is 51.7 Å². The molecular formula is C18H28O4. The van der Waals surface area contributed by atoms with Gasteiger partial charge in [-0.25, -0.2) is 0 Å². The normalized spacial score (nSPS) is 11.2. The Bertz CT molecular complexity index is 385. The topological polar surface area (TPSA) is 66.8 Å². The SMILES string of the molecule is C=CCCC[C@H](O)CCCOCc1ccccc1.CC(=O)O. The second-order valence-electron chi connectivity index (χ2n) is 5.07. The van der Waals surface area contributed by atoms with Crippen molar-refractivity contribution in [3.05, 3.63) is 48.6 Å². The van der Waals surface area contributed by atoms with Gasteiger partial charge in [-0.15, -0.1) is 6.58 Å². The fourth-order valence-electron chi connectivity index (χ4n) is 1.83. The standard InChI is InChI=1S/C16H24O2.C2H4O2/c1-2-3-5-11-16(17)12-8-13-18-14-15-9-6-4-7-10-15;1-2(3)4/h2,4,6-7,9-10,16-17H,1,3,5,8,11-14H2;1H3,(H,3,4)/t16-;/m0./s1. The second-order valence-corrected chi connectivity index (χ2v) is 5.07. The predicted octanol–water partition coefficient (Wildman–Crippen LogP) is 3.79. The quantitative estimate of drug-likeness (QED) is 0.510. The zero-order valence-electron chi connectivity index (χ0n) is 13.4. The third-order valence-electron chi connectivity index (χ3n) is 2.88. The Kier molecular flexibility index (Phi) is 13.2. The van der Waals surface area contributed by atoms with E-state index < -0.39 is 5.97 Å². The van der Waals surface area contributed by atoms with Gasteiger partial charge >= 0.3 is 0 Å². The lowest BCUT2D eigenvalue weighted by atomic mass is 10.1. The highest BCUT2D eigenvalue weighted by Gasteiger charge is 2.02. The number of carboxylic acids is 1. The number of ether oxygens (including phenoxy) is 1. The Balaban J connectivity index is 0.000000980. The molecule has 0 bridgehead atoms. The molecule has 1 atom stereocenters. The lowest BCUT2D eigenvalue weighted by Crippen LogP contribution is -2.07. The van der Waals surface area contributed by atoms with Crippen LogP contribution in [0.5, 0.6) is 0 Å². The molecule has 0 unspecified atom stereocenters. The van der Waals surface area contributed by atoms with Crippen LogP contribution in [0.2, 0.25) is 0 Å². The molecule has 0 fully saturated rings. The molecule has 1 rings (SSSR count). The van der Waals surface area contributed by atoms with Crippen LogP contribution in [0.4, 0.5) is 0 Å². The van der Waals surface area contributed by atoms with Crippen LogP contribution in [-0.2, 0) is 16.1 Å². The van der Waals surface area contributed by atoms with E-state index in [1.807, 2.05) is 24.3 Å². The third kappa shape index (κ3) is 14.8. The molecule has 124 valence electrons. The zero-order chi connectivity index (χ0) is 16.6. The van der Waals surface area contributed by atoms with Crippen molar-refractivity contribution >= 4 is 5.97 Å². The molecule has 0 saturated carbocycles. The van der Waals surface area contributed by atoms with Crippen molar-refractivity contribution in [2.24, 2.45) is 0 Å². The number of rotatable bonds is 10. The lowest BCUT2D eigenvalue weighted by Gasteiger charge is -2.10. The van der Waals surface area contributed by atoms with Crippen molar-refractivity contribution in [3.63, 3.8) is 0 Å². The van der Waals surface area contributed by atoms with Crippen LogP contribution in [0.3, 0.4) is 0 Å².